The number of benzene rings is 1. The van der Waals surface area contributed by atoms with E-state index < -0.39 is 0 Å². The van der Waals surface area contributed by atoms with Gasteiger partial charge < -0.3 is 9.55 Å². The van der Waals surface area contributed by atoms with Crippen LogP contribution in [0.1, 0.15) is 0 Å². The molecular formula is C14H12N4S2. The zero-order valence-corrected chi connectivity index (χ0v) is 12.4. The van der Waals surface area contributed by atoms with Gasteiger partial charge in [0.15, 0.2) is 9.93 Å². The summed E-state index contributed by atoms with van der Waals surface area (Å²) in [6.45, 7) is 0. The van der Waals surface area contributed by atoms with E-state index in [2.05, 4.69) is 15.0 Å². The van der Waals surface area contributed by atoms with Gasteiger partial charge in [-0.3, -0.25) is 0 Å². The number of imidazole rings is 1. The summed E-state index contributed by atoms with van der Waals surface area (Å²) in [6, 6.07) is 10.1. The van der Waals surface area contributed by atoms with Crippen molar-refractivity contribution in [3.8, 4) is 11.3 Å². The molecule has 6 heteroatoms. The predicted molar refractivity (Wildman–Crippen MR) is 82.2 cm³/mol. The maximum atomic E-state index is 5.14. The summed E-state index contributed by atoms with van der Waals surface area (Å²) in [5.41, 5.74) is 2.05. The van der Waals surface area contributed by atoms with Gasteiger partial charge in [0, 0.05) is 25.6 Å². The molecule has 0 unspecified atom stereocenters. The van der Waals surface area contributed by atoms with E-state index in [1.807, 2.05) is 48.1 Å². The third kappa shape index (κ3) is 2.66. The lowest BCUT2D eigenvalue weighted by atomic mass is 10.1. The summed E-state index contributed by atoms with van der Waals surface area (Å²) in [6.07, 6.45) is 5.49. The molecule has 1 aromatic carbocycles. The van der Waals surface area contributed by atoms with E-state index in [9.17, 15) is 0 Å². The van der Waals surface area contributed by atoms with Crippen LogP contribution in [0.3, 0.4) is 0 Å². The van der Waals surface area contributed by atoms with Crippen LogP contribution in [0.15, 0.2) is 59.0 Å². The Labute approximate surface area is 125 Å². The zero-order valence-electron chi connectivity index (χ0n) is 10.8. The van der Waals surface area contributed by atoms with Gasteiger partial charge in [-0.05, 0) is 29.5 Å². The molecule has 0 spiro atoms. The average Bonchev–Trinajstić information content (AvgIpc) is 2.87. The van der Waals surface area contributed by atoms with Crippen LogP contribution in [0.5, 0.6) is 0 Å². The molecule has 0 atom stereocenters. The number of aromatic amines is 1. The molecule has 0 saturated heterocycles. The molecule has 4 nitrogen and oxygen atoms in total. The van der Waals surface area contributed by atoms with Gasteiger partial charge in [0.25, 0.3) is 0 Å². The fourth-order valence-electron chi connectivity index (χ4n) is 1.83. The summed E-state index contributed by atoms with van der Waals surface area (Å²) in [7, 11) is 1.97. The summed E-state index contributed by atoms with van der Waals surface area (Å²) < 4.78 is 2.45. The van der Waals surface area contributed by atoms with Crippen molar-refractivity contribution in [2.24, 2.45) is 7.05 Å². The van der Waals surface area contributed by atoms with Crippen molar-refractivity contribution in [1.82, 2.24) is 19.5 Å². The van der Waals surface area contributed by atoms with Crippen molar-refractivity contribution in [2.75, 3.05) is 0 Å². The van der Waals surface area contributed by atoms with Crippen LogP contribution in [-0.2, 0) is 7.05 Å². The van der Waals surface area contributed by atoms with Gasteiger partial charge in [0.05, 0.1) is 10.6 Å². The number of rotatable bonds is 3. The van der Waals surface area contributed by atoms with Crippen LogP contribution >= 0.6 is 24.0 Å². The molecule has 3 rings (SSSR count). The van der Waals surface area contributed by atoms with E-state index in [-0.39, 0.29) is 0 Å². The Morgan fingerprint density at radius 3 is 2.70 bits per heavy atom. The standard InChI is InChI=1S/C14H12N4S2/c1-18-8-7-15-14(18)20-11-9-16-13(19)17-12(11)10-5-3-2-4-6-10/h2-9H,1H3,(H,16,17,19). The second kappa shape index (κ2) is 5.60. The highest BCUT2D eigenvalue weighted by Gasteiger charge is 2.10. The van der Waals surface area contributed by atoms with Crippen molar-refractivity contribution < 1.29 is 0 Å². The Morgan fingerprint density at radius 2 is 2.00 bits per heavy atom. The van der Waals surface area contributed by atoms with E-state index >= 15 is 0 Å². The molecule has 0 saturated carbocycles. The molecule has 2 aromatic heterocycles. The van der Waals surface area contributed by atoms with E-state index in [1.165, 1.54) is 0 Å². The third-order valence-electron chi connectivity index (χ3n) is 2.82. The molecule has 0 amide bonds. The molecule has 0 aliphatic heterocycles. The highest BCUT2D eigenvalue weighted by Crippen LogP contribution is 2.32. The minimum atomic E-state index is 0.480. The van der Waals surface area contributed by atoms with Crippen LogP contribution in [-0.4, -0.2) is 19.5 Å². The smallest absolute Gasteiger partial charge is 0.197 e. The largest absolute Gasteiger partial charge is 0.329 e. The first kappa shape index (κ1) is 13.1. The van der Waals surface area contributed by atoms with Gasteiger partial charge in [-0.15, -0.1) is 0 Å². The van der Waals surface area contributed by atoms with E-state index in [0.29, 0.717) is 4.77 Å². The quantitative estimate of drug-likeness (QED) is 0.749. The van der Waals surface area contributed by atoms with Crippen LogP contribution in [0.2, 0.25) is 0 Å². The monoisotopic (exact) mass is 300 g/mol. The highest BCUT2D eigenvalue weighted by molar-refractivity contribution is 7.99. The number of nitrogens with one attached hydrogen (secondary N) is 1. The Morgan fingerprint density at radius 1 is 1.20 bits per heavy atom. The Kier molecular flexibility index (Phi) is 3.66. The lowest BCUT2D eigenvalue weighted by Crippen LogP contribution is -1.93. The summed E-state index contributed by atoms with van der Waals surface area (Å²) in [4.78, 5) is 12.7. The predicted octanol–water partition coefficient (Wildman–Crippen LogP) is 3.69. The maximum Gasteiger partial charge on any atom is 0.197 e. The highest BCUT2D eigenvalue weighted by atomic mass is 32.2. The number of aryl methyl sites for hydroxylation is 1. The van der Waals surface area contributed by atoms with Gasteiger partial charge in [-0.25, -0.2) is 9.97 Å². The van der Waals surface area contributed by atoms with Crippen molar-refractivity contribution in [2.45, 2.75) is 10.1 Å². The van der Waals surface area contributed by atoms with Crippen LogP contribution in [0, 0.1) is 4.77 Å². The second-order valence-corrected chi connectivity index (χ2v) is 5.61. The molecule has 100 valence electrons. The molecule has 1 N–H and O–H groups in total. The average molecular weight is 300 g/mol. The van der Waals surface area contributed by atoms with Crippen molar-refractivity contribution >= 4 is 24.0 Å². The van der Waals surface area contributed by atoms with Crippen LogP contribution in [0.25, 0.3) is 11.3 Å². The van der Waals surface area contributed by atoms with E-state index in [1.54, 1.807) is 24.2 Å². The molecule has 0 aliphatic carbocycles. The molecule has 3 aromatic rings. The molecule has 20 heavy (non-hydrogen) atoms. The SMILES string of the molecule is Cn1ccnc1Sc1cnc(=S)[nH]c1-c1ccccc1. The fraction of sp³-hybridized carbons (Fsp3) is 0.0714. The molecule has 0 bridgehead atoms. The molecule has 0 aliphatic rings. The number of hydrogen-bond acceptors (Lipinski definition) is 4. The van der Waals surface area contributed by atoms with Gasteiger partial charge in [-0.2, -0.15) is 0 Å². The van der Waals surface area contributed by atoms with Gasteiger partial charge in [0.1, 0.15) is 0 Å². The number of aromatic nitrogens is 4. The van der Waals surface area contributed by atoms with Crippen LogP contribution < -0.4 is 0 Å². The van der Waals surface area contributed by atoms with E-state index in [4.69, 9.17) is 12.2 Å². The molecule has 0 fully saturated rings. The van der Waals surface area contributed by atoms with Crippen LogP contribution in [0.4, 0.5) is 0 Å². The topological polar surface area (TPSA) is 46.5 Å². The lowest BCUT2D eigenvalue weighted by molar-refractivity contribution is 0.789. The normalized spacial score (nSPS) is 10.7. The Hall–Kier alpha value is -1.92. The van der Waals surface area contributed by atoms with Crippen molar-refractivity contribution in [3.63, 3.8) is 0 Å². The van der Waals surface area contributed by atoms with Crippen molar-refractivity contribution in [3.05, 3.63) is 53.7 Å². The molecular weight excluding hydrogens is 288 g/mol. The second-order valence-electron chi connectivity index (χ2n) is 4.22. The number of nitrogens with zero attached hydrogens (tertiary/aromatic N) is 3. The molecule has 2 heterocycles. The Bertz CT molecular complexity index is 777. The third-order valence-corrected chi connectivity index (χ3v) is 4.13. The Balaban J connectivity index is 2.08. The zero-order chi connectivity index (χ0) is 13.9. The minimum absolute atomic E-state index is 0.480. The maximum absolute atomic E-state index is 5.14. The summed E-state index contributed by atoms with van der Waals surface area (Å²) in [5.74, 6) is 0. The van der Waals surface area contributed by atoms with E-state index in [0.717, 1.165) is 21.3 Å². The first-order chi connectivity index (χ1) is 9.74. The lowest BCUT2D eigenvalue weighted by Gasteiger charge is -2.08. The van der Waals surface area contributed by atoms with Gasteiger partial charge >= 0.3 is 0 Å². The first-order valence-electron chi connectivity index (χ1n) is 6.04. The number of H-pyrrole nitrogens is 1. The molecule has 0 radical (unpaired) electrons. The van der Waals surface area contributed by atoms with Crippen molar-refractivity contribution in [1.29, 1.82) is 0 Å². The minimum Gasteiger partial charge on any atom is -0.329 e. The fourth-order valence-corrected chi connectivity index (χ4v) is 2.87. The summed E-state index contributed by atoms with van der Waals surface area (Å²) >= 11 is 6.70. The van der Waals surface area contributed by atoms with Gasteiger partial charge in [-0.1, -0.05) is 30.3 Å². The number of hydrogen-bond donors (Lipinski definition) is 1. The summed E-state index contributed by atoms with van der Waals surface area (Å²) in [5, 5.41) is 0.912. The van der Waals surface area contributed by atoms with Gasteiger partial charge in [0.2, 0.25) is 0 Å². The first-order valence-corrected chi connectivity index (χ1v) is 7.26.